The fourth-order valence-electron chi connectivity index (χ4n) is 0.464. The van der Waals surface area contributed by atoms with Gasteiger partial charge in [0.25, 0.3) is 0 Å². The van der Waals surface area contributed by atoms with E-state index in [2.05, 4.69) is 5.32 Å². The van der Waals surface area contributed by atoms with Crippen molar-refractivity contribution in [2.75, 3.05) is 7.05 Å². The van der Waals surface area contributed by atoms with Gasteiger partial charge in [-0.05, 0) is 14.0 Å². The van der Waals surface area contributed by atoms with Crippen molar-refractivity contribution in [2.24, 2.45) is 5.92 Å². The molecule has 54 valence electrons. The van der Waals surface area contributed by atoms with Crippen LogP contribution >= 0.6 is 0 Å². The van der Waals surface area contributed by atoms with Crippen LogP contribution in [0.3, 0.4) is 0 Å². The summed E-state index contributed by atoms with van der Waals surface area (Å²) in [6, 6.07) is 0.0440. The molecule has 0 saturated carbocycles. The third-order valence-electron chi connectivity index (χ3n) is 1.59. The lowest BCUT2D eigenvalue weighted by molar-refractivity contribution is -0.141. The molecule has 0 aliphatic heterocycles. The topological polar surface area (TPSA) is 49.3 Å². The van der Waals surface area contributed by atoms with E-state index in [-0.39, 0.29) is 12.0 Å². The van der Waals surface area contributed by atoms with E-state index >= 15 is 0 Å². The van der Waals surface area contributed by atoms with Crippen molar-refractivity contribution in [1.29, 1.82) is 0 Å². The number of carboxylic acids is 1. The van der Waals surface area contributed by atoms with Crippen molar-refractivity contribution < 1.29 is 9.90 Å². The maximum Gasteiger partial charge on any atom is 0.307 e. The van der Waals surface area contributed by atoms with Gasteiger partial charge in [-0.15, -0.1) is 0 Å². The molecule has 2 N–H and O–H groups in total. The minimum absolute atomic E-state index is 0.0440. The fourth-order valence-corrected chi connectivity index (χ4v) is 0.464. The summed E-state index contributed by atoms with van der Waals surface area (Å²) in [6.07, 6.45) is 0. The van der Waals surface area contributed by atoms with E-state index in [4.69, 9.17) is 5.11 Å². The van der Waals surface area contributed by atoms with E-state index in [1.54, 1.807) is 14.0 Å². The zero-order valence-electron chi connectivity index (χ0n) is 6.01. The van der Waals surface area contributed by atoms with Gasteiger partial charge >= 0.3 is 5.97 Å². The van der Waals surface area contributed by atoms with Crippen molar-refractivity contribution in [2.45, 2.75) is 19.9 Å². The molecule has 0 aliphatic rings. The van der Waals surface area contributed by atoms with Crippen LogP contribution < -0.4 is 5.32 Å². The summed E-state index contributed by atoms with van der Waals surface area (Å²) in [4.78, 5) is 10.3. The Balaban J connectivity index is 3.72. The van der Waals surface area contributed by atoms with Crippen LogP contribution in [0.2, 0.25) is 0 Å². The van der Waals surface area contributed by atoms with Crippen molar-refractivity contribution in [3.05, 3.63) is 0 Å². The van der Waals surface area contributed by atoms with Crippen molar-refractivity contribution >= 4 is 5.97 Å². The Bertz CT molecular complexity index is 103. The highest BCUT2D eigenvalue weighted by molar-refractivity contribution is 5.70. The molecular weight excluding hydrogens is 118 g/mol. The molecule has 2 unspecified atom stereocenters. The van der Waals surface area contributed by atoms with Gasteiger partial charge in [0, 0.05) is 6.04 Å². The molecule has 0 spiro atoms. The second-order valence-corrected chi connectivity index (χ2v) is 2.20. The smallest absolute Gasteiger partial charge is 0.307 e. The van der Waals surface area contributed by atoms with Crippen LogP contribution in [0.5, 0.6) is 0 Å². The number of hydrogen-bond acceptors (Lipinski definition) is 2. The largest absolute Gasteiger partial charge is 0.481 e. The zero-order valence-corrected chi connectivity index (χ0v) is 6.01. The van der Waals surface area contributed by atoms with Gasteiger partial charge in [0.1, 0.15) is 0 Å². The lowest BCUT2D eigenvalue weighted by Gasteiger charge is -2.13. The summed E-state index contributed by atoms with van der Waals surface area (Å²) in [5.74, 6) is -1.06. The number of nitrogens with one attached hydrogen (secondary N) is 1. The van der Waals surface area contributed by atoms with Crippen LogP contribution in [0.25, 0.3) is 0 Å². The third-order valence-corrected chi connectivity index (χ3v) is 1.59. The van der Waals surface area contributed by atoms with E-state index in [0.717, 1.165) is 0 Å². The number of carboxylic acid groups (broad SMARTS) is 1. The predicted octanol–water partition coefficient (Wildman–Crippen LogP) is 0.315. The van der Waals surface area contributed by atoms with Crippen LogP contribution in [0, 0.1) is 5.92 Å². The first-order valence-corrected chi connectivity index (χ1v) is 2.99. The quantitative estimate of drug-likeness (QED) is 0.579. The van der Waals surface area contributed by atoms with Gasteiger partial charge in [-0.1, -0.05) is 6.92 Å². The number of rotatable bonds is 3. The Hall–Kier alpha value is -0.570. The minimum atomic E-state index is -0.753. The molecule has 2 atom stereocenters. The van der Waals surface area contributed by atoms with Crippen LogP contribution in [-0.2, 0) is 4.79 Å². The second kappa shape index (κ2) is 3.45. The maximum atomic E-state index is 10.3. The Kier molecular flexibility index (Phi) is 3.24. The molecular formula is C6H13NO2. The van der Waals surface area contributed by atoms with Gasteiger partial charge < -0.3 is 10.4 Å². The lowest BCUT2D eigenvalue weighted by Crippen LogP contribution is -2.33. The lowest BCUT2D eigenvalue weighted by atomic mass is 10.1. The summed E-state index contributed by atoms with van der Waals surface area (Å²) < 4.78 is 0. The molecule has 0 fully saturated rings. The van der Waals surface area contributed by atoms with Crippen LogP contribution in [-0.4, -0.2) is 24.2 Å². The second-order valence-electron chi connectivity index (χ2n) is 2.20. The van der Waals surface area contributed by atoms with E-state index in [0.29, 0.717) is 0 Å². The number of carbonyl (C=O) groups is 1. The van der Waals surface area contributed by atoms with Gasteiger partial charge in [-0.25, -0.2) is 0 Å². The molecule has 3 heteroatoms. The maximum absolute atomic E-state index is 10.3. The normalized spacial score (nSPS) is 16.8. The van der Waals surface area contributed by atoms with Crippen molar-refractivity contribution in [3.8, 4) is 0 Å². The molecule has 9 heavy (non-hydrogen) atoms. The average Bonchev–Trinajstić information content (AvgIpc) is 1.84. The van der Waals surface area contributed by atoms with Crippen LogP contribution in [0.4, 0.5) is 0 Å². The summed E-state index contributed by atoms with van der Waals surface area (Å²) in [6.45, 7) is 3.53. The van der Waals surface area contributed by atoms with E-state index < -0.39 is 5.97 Å². The molecule has 0 bridgehead atoms. The van der Waals surface area contributed by atoms with Crippen LogP contribution in [0.1, 0.15) is 13.8 Å². The van der Waals surface area contributed by atoms with E-state index in [1.165, 1.54) is 0 Å². The SMILES string of the molecule is CNC(C)C(C)C(=O)O. The molecule has 0 amide bonds. The average molecular weight is 131 g/mol. The monoisotopic (exact) mass is 131 g/mol. The Morgan fingerprint density at radius 1 is 1.56 bits per heavy atom. The van der Waals surface area contributed by atoms with Gasteiger partial charge in [0.05, 0.1) is 5.92 Å². The van der Waals surface area contributed by atoms with Gasteiger partial charge in [0.15, 0.2) is 0 Å². The molecule has 3 nitrogen and oxygen atoms in total. The standard InChI is InChI=1S/C6H13NO2/c1-4(6(8)9)5(2)7-3/h4-5,7H,1-3H3,(H,8,9). The number of aliphatic carboxylic acids is 1. The van der Waals surface area contributed by atoms with Crippen LogP contribution in [0.15, 0.2) is 0 Å². The summed E-state index contributed by atoms with van der Waals surface area (Å²) >= 11 is 0. The molecule has 0 heterocycles. The fraction of sp³-hybridized carbons (Fsp3) is 0.833. The Morgan fingerprint density at radius 3 is 2.11 bits per heavy atom. The zero-order chi connectivity index (χ0) is 7.44. The Labute approximate surface area is 55.1 Å². The van der Waals surface area contributed by atoms with Gasteiger partial charge in [0.2, 0.25) is 0 Å². The van der Waals surface area contributed by atoms with Crippen molar-refractivity contribution in [3.63, 3.8) is 0 Å². The molecule has 0 radical (unpaired) electrons. The highest BCUT2D eigenvalue weighted by Gasteiger charge is 2.16. The highest BCUT2D eigenvalue weighted by atomic mass is 16.4. The summed E-state index contributed by atoms with van der Waals surface area (Å²) in [5.41, 5.74) is 0. The molecule has 0 aromatic rings. The van der Waals surface area contributed by atoms with E-state index in [9.17, 15) is 4.79 Å². The third kappa shape index (κ3) is 2.46. The minimum Gasteiger partial charge on any atom is -0.481 e. The summed E-state index contributed by atoms with van der Waals surface area (Å²) in [5, 5.41) is 11.3. The molecule has 0 aromatic carbocycles. The first-order chi connectivity index (χ1) is 4.09. The predicted molar refractivity (Wildman–Crippen MR) is 35.3 cm³/mol. The molecule has 0 rings (SSSR count). The molecule has 0 aliphatic carbocycles. The first-order valence-electron chi connectivity index (χ1n) is 2.99. The van der Waals surface area contributed by atoms with Gasteiger partial charge in [-0.2, -0.15) is 0 Å². The number of hydrogen-bond donors (Lipinski definition) is 2. The first kappa shape index (κ1) is 8.43. The molecule has 0 aromatic heterocycles. The Morgan fingerprint density at radius 2 is 2.00 bits per heavy atom. The molecule has 0 saturated heterocycles. The van der Waals surface area contributed by atoms with Crippen molar-refractivity contribution in [1.82, 2.24) is 5.32 Å². The van der Waals surface area contributed by atoms with E-state index in [1.807, 2.05) is 6.92 Å². The summed E-state index contributed by atoms with van der Waals surface area (Å²) in [7, 11) is 1.75. The van der Waals surface area contributed by atoms with Gasteiger partial charge in [-0.3, -0.25) is 4.79 Å². The highest BCUT2D eigenvalue weighted by Crippen LogP contribution is 2.00.